The lowest BCUT2D eigenvalue weighted by Crippen LogP contribution is -2.27. The van der Waals surface area contributed by atoms with E-state index in [0.717, 1.165) is 17.8 Å². The minimum Gasteiger partial charge on any atom is -0.355 e. The lowest BCUT2D eigenvalue weighted by molar-refractivity contribution is -0.122. The van der Waals surface area contributed by atoms with Gasteiger partial charge in [-0.25, -0.2) is 4.98 Å². The third-order valence-corrected chi connectivity index (χ3v) is 4.32. The lowest BCUT2D eigenvalue weighted by atomic mass is 10.1. The van der Waals surface area contributed by atoms with E-state index < -0.39 is 0 Å². The number of nitrogens with one attached hydrogen (secondary N) is 1. The van der Waals surface area contributed by atoms with E-state index in [1.54, 1.807) is 17.5 Å². The molecule has 98 valence electrons. The molecule has 1 aromatic heterocycles. The molecule has 2 atom stereocenters. The zero-order chi connectivity index (χ0) is 13.1. The Labute approximate surface area is 116 Å². The van der Waals surface area contributed by atoms with Crippen molar-refractivity contribution in [3.8, 4) is 0 Å². The SMILES string of the molecule is O=C(NCCc1nccs1)[C@@H]1C[C@@H]1c1ccccc1. The first kappa shape index (κ1) is 12.4. The Morgan fingerprint density at radius 2 is 2.21 bits per heavy atom. The maximum absolute atomic E-state index is 12.0. The van der Waals surface area contributed by atoms with Crippen molar-refractivity contribution in [2.24, 2.45) is 5.92 Å². The van der Waals surface area contributed by atoms with Gasteiger partial charge in [0.1, 0.15) is 0 Å². The van der Waals surface area contributed by atoms with Crippen LogP contribution in [0.1, 0.15) is 22.9 Å². The summed E-state index contributed by atoms with van der Waals surface area (Å²) in [6.45, 7) is 0.685. The van der Waals surface area contributed by atoms with Crippen molar-refractivity contribution in [1.82, 2.24) is 10.3 Å². The molecule has 2 aromatic rings. The summed E-state index contributed by atoms with van der Waals surface area (Å²) < 4.78 is 0. The van der Waals surface area contributed by atoms with Crippen molar-refractivity contribution < 1.29 is 4.79 Å². The summed E-state index contributed by atoms with van der Waals surface area (Å²) in [5.41, 5.74) is 1.28. The van der Waals surface area contributed by atoms with E-state index in [2.05, 4.69) is 22.4 Å². The molecule has 1 aliphatic rings. The van der Waals surface area contributed by atoms with Crippen LogP contribution >= 0.6 is 11.3 Å². The third-order valence-electron chi connectivity index (χ3n) is 3.48. The van der Waals surface area contributed by atoms with Gasteiger partial charge < -0.3 is 5.32 Å². The first-order valence-electron chi connectivity index (χ1n) is 6.55. The minimum atomic E-state index is 0.165. The molecule has 1 N–H and O–H groups in total. The van der Waals surface area contributed by atoms with Gasteiger partial charge in [-0.2, -0.15) is 0 Å². The fourth-order valence-corrected chi connectivity index (χ4v) is 2.97. The van der Waals surface area contributed by atoms with Crippen molar-refractivity contribution in [2.75, 3.05) is 6.54 Å². The fourth-order valence-electron chi connectivity index (χ4n) is 2.35. The van der Waals surface area contributed by atoms with Crippen LogP contribution in [0.25, 0.3) is 0 Å². The molecule has 19 heavy (non-hydrogen) atoms. The van der Waals surface area contributed by atoms with Gasteiger partial charge in [-0.3, -0.25) is 4.79 Å². The zero-order valence-corrected chi connectivity index (χ0v) is 11.4. The van der Waals surface area contributed by atoms with Gasteiger partial charge in [-0.1, -0.05) is 30.3 Å². The highest BCUT2D eigenvalue weighted by Gasteiger charge is 2.43. The Hall–Kier alpha value is -1.68. The topological polar surface area (TPSA) is 42.0 Å². The summed E-state index contributed by atoms with van der Waals surface area (Å²) in [6.07, 6.45) is 3.60. The Kier molecular flexibility index (Phi) is 3.60. The highest BCUT2D eigenvalue weighted by Crippen LogP contribution is 2.47. The van der Waals surface area contributed by atoms with E-state index in [9.17, 15) is 4.79 Å². The number of aromatic nitrogens is 1. The summed E-state index contributed by atoms with van der Waals surface area (Å²) in [6, 6.07) is 10.3. The molecule has 0 saturated heterocycles. The molecule has 1 aromatic carbocycles. The van der Waals surface area contributed by atoms with Crippen LogP contribution in [0.2, 0.25) is 0 Å². The molecule has 0 spiro atoms. The van der Waals surface area contributed by atoms with Crippen LogP contribution in [0.3, 0.4) is 0 Å². The summed E-state index contributed by atoms with van der Waals surface area (Å²) >= 11 is 1.63. The molecule has 4 heteroatoms. The van der Waals surface area contributed by atoms with Gasteiger partial charge in [0.2, 0.25) is 5.91 Å². The Morgan fingerprint density at radius 3 is 2.95 bits per heavy atom. The highest BCUT2D eigenvalue weighted by molar-refractivity contribution is 7.09. The molecule has 0 unspecified atom stereocenters. The van der Waals surface area contributed by atoms with E-state index in [1.807, 2.05) is 23.6 Å². The van der Waals surface area contributed by atoms with Crippen molar-refractivity contribution in [1.29, 1.82) is 0 Å². The van der Waals surface area contributed by atoms with E-state index in [0.29, 0.717) is 12.5 Å². The van der Waals surface area contributed by atoms with Crippen LogP contribution in [0.5, 0.6) is 0 Å². The molecule has 3 nitrogen and oxygen atoms in total. The van der Waals surface area contributed by atoms with Gasteiger partial charge in [0, 0.05) is 30.5 Å². The Morgan fingerprint density at radius 1 is 1.37 bits per heavy atom. The maximum atomic E-state index is 12.0. The predicted octanol–water partition coefficient (Wildman–Crippen LogP) is 2.61. The molecule has 0 bridgehead atoms. The third kappa shape index (κ3) is 3.01. The fraction of sp³-hybridized carbons (Fsp3) is 0.333. The molecule has 1 aliphatic carbocycles. The van der Waals surface area contributed by atoms with Crippen molar-refractivity contribution >= 4 is 17.2 Å². The zero-order valence-electron chi connectivity index (χ0n) is 10.6. The molecule has 1 heterocycles. The average Bonchev–Trinajstić information content (AvgIpc) is 3.09. The number of hydrogen-bond donors (Lipinski definition) is 1. The van der Waals surface area contributed by atoms with Crippen molar-refractivity contribution in [2.45, 2.75) is 18.8 Å². The van der Waals surface area contributed by atoms with Gasteiger partial charge >= 0.3 is 0 Å². The van der Waals surface area contributed by atoms with E-state index in [-0.39, 0.29) is 11.8 Å². The Balaban J connectivity index is 1.45. The number of amides is 1. The van der Waals surface area contributed by atoms with Crippen LogP contribution in [0.4, 0.5) is 0 Å². The van der Waals surface area contributed by atoms with Gasteiger partial charge in [0.05, 0.1) is 5.01 Å². The quantitative estimate of drug-likeness (QED) is 0.909. The van der Waals surface area contributed by atoms with Gasteiger partial charge in [0.25, 0.3) is 0 Å². The molecule has 3 rings (SSSR count). The van der Waals surface area contributed by atoms with E-state index in [4.69, 9.17) is 0 Å². The van der Waals surface area contributed by atoms with E-state index >= 15 is 0 Å². The summed E-state index contributed by atoms with van der Waals surface area (Å²) in [5.74, 6) is 0.769. The lowest BCUT2D eigenvalue weighted by Gasteiger charge is -2.03. The molecular formula is C15H16N2OS. The molecule has 1 amide bonds. The summed E-state index contributed by atoms with van der Waals surface area (Å²) in [7, 11) is 0. The second-order valence-electron chi connectivity index (χ2n) is 4.83. The second kappa shape index (κ2) is 5.53. The molecule has 1 saturated carbocycles. The first-order valence-corrected chi connectivity index (χ1v) is 7.43. The minimum absolute atomic E-state index is 0.165. The predicted molar refractivity (Wildman–Crippen MR) is 76.1 cm³/mol. The molecule has 0 aliphatic heterocycles. The van der Waals surface area contributed by atoms with Crippen LogP contribution < -0.4 is 5.32 Å². The number of hydrogen-bond acceptors (Lipinski definition) is 3. The van der Waals surface area contributed by atoms with Crippen LogP contribution in [0, 0.1) is 5.92 Å². The first-order chi connectivity index (χ1) is 9.34. The van der Waals surface area contributed by atoms with Crippen molar-refractivity contribution in [3.63, 3.8) is 0 Å². The molecule has 1 fully saturated rings. The van der Waals surface area contributed by atoms with Crippen LogP contribution in [-0.2, 0) is 11.2 Å². The highest BCUT2D eigenvalue weighted by atomic mass is 32.1. The standard InChI is InChI=1S/C15H16N2OS/c18-15(17-7-6-14-16-8-9-19-14)13-10-12(13)11-4-2-1-3-5-11/h1-5,8-9,12-13H,6-7,10H2,(H,17,18)/t12-,13-/m1/s1. The average molecular weight is 272 g/mol. The maximum Gasteiger partial charge on any atom is 0.223 e. The van der Waals surface area contributed by atoms with E-state index in [1.165, 1.54) is 5.56 Å². The van der Waals surface area contributed by atoms with Gasteiger partial charge in [-0.15, -0.1) is 11.3 Å². The number of carbonyl (C=O) groups excluding carboxylic acids is 1. The number of carbonyl (C=O) groups is 1. The van der Waals surface area contributed by atoms with Crippen molar-refractivity contribution in [3.05, 3.63) is 52.5 Å². The Bertz CT molecular complexity index is 539. The number of thiazole rings is 1. The van der Waals surface area contributed by atoms with Crippen LogP contribution in [0.15, 0.2) is 41.9 Å². The number of rotatable bonds is 5. The molecule has 0 radical (unpaired) electrons. The molecular weight excluding hydrogens is 256 g/mol. The smallest absolute Gasteiger partial charge is 0.223 e. The van der Waals surface area contributed by atoms with Gasteiger partial charge in [0.15, 0.2) is 0 Å². The normalized spacial score (nSPS) is 21.1. The number of nitrogens with zero attached hydrogens (tertiary/aromatic N) is 1. The van der Waals surface area contributed by atoms with Crippen LogP contribution in [-0.4, -0.2) is 17.4 Å². The van der Waals surface area contributed by atoms with Gasteiger partial charge in [-0.05, 0) is 17.9 Å². The number of benzene rings is 1. The summed E-state index contributed by atoms with van der Waals surface area (Å²) in [4.78, 5) is 16.2. The largest absolute Gasteiger partial charge is 0.355 e. The monoisotopic (exact) mass is 272 g/mol. The summed E-state index contributed by atoms with van der Waals surface area (Å²) in [5, 5.41) is 6.05. The second-order valence-corrected chi connectivity index (χ2v) is 5.81.